The number of benzene rings is 1. The quantitative estimate of drug-likeness (QED) is 0.204. The first-order valence-electron chi connectivity index (χ1n) is 13.8. The molecule has 12 nitrogen and oxygen atoms in total. The van der Waals surface area contributed by atoms with Crippen molar-refractivity contribution in [1.29, 1.82) is 0 Å². The molecule has 3 aromatic rings. The number of carbonyl (C=O) groups is 2. The molecule has 3 atom stereocenters. The first-order valence-corrected chi connectivity index (χ1v) is 15.7. The third-order valence-electron chi connectivity index (χ3n) is 7.71. The molecule has 1 aromatic carbocycles. The van der Waals surface area contributed by atoms with E-state index in [-0.39, 0.29) is 55.0 Å². The molecule has 4 heterocycles. The molecule has 2 N–H and O–H groups in total. The van der Waals surface area contributed by atoms with Crippen LogP contribution in [0.5, 0.6) is 5.75 Å². The van der Waals surface area contributed by atoms with Gasteiger partial charge in [-0.15, -0.1) is 0 Å². The standard InChI is InChI=1S/C29H34N3O9P/c1-6-18-19-11-17(41-42(37,15-38-5)31-16(4)27(34)39-8-3)9-10-23(19)30-25-20(18)13-32-24(25)12-22-21(26(32)33)14-40-28(35)29(22,36)7-2/h9-12,16,36H,6-8,13-15H2,1-5H3,(H,31,37)/t16?,29-,42?/m0/s1. The van der Waals surface area contributed by atoms with Gasteiger partial charge in [-0.25, -0.2) is 14.9 Å². The van der Waals surface area contributed by atoms with Crippen molar-refractivity contribution in [1.82, 2.24) is 14.6 Å². The average Bonchev–Trinajstić information content (AvgIpc) is 3.32. The number of pyridine rings is 2. The van der Waals surface area contributed by atoms with Crippen molar-refractivity contribution < 1.29 is 38.0 Å². The second-order valence-electron chi connectivity index (χ2n) is 10.3. The third kappa shape index (κ3) is 4.92. The molecule has 2 aliphatic heterocycles. The van der Waals surface area contributed by atoms with Gasteiger partial charge in [0.2, 0.25) is 0 Å². The number of carbonyl (C=O) groups excluding carboxylic acids is 2. The highest BCUT2D eigenvalue weighted by Crippen LogP contribution is 2.45. The lowest BCUT2D eigenvalue weighted by atomic mass is 9.86. The fraction of sp³-hybridized carbons (Fsp3) is 0.448. The summed E-state index contributed by atoms with van der Waals surface area (Å²) in [5.74, 6) is -1.05. The Morgan fingerprint density at radius 2 is 2.00 bits per heavy atom. The smallest absolute Gasteiger partial charge is 0.343 e. The van der Waals surface area contributed by atoms with E-state index in [1.165, 1.54) is 14.0 Å². The Hall–Kier alpha value is -3.57. The number of nitrogens with one attached hydrogen (secondary N) is 1. The van der Waals surface area contributed by atoms with Crippen molar-refractivity contribution in [2.24, 2.45) is 0 Å². The maximum Gasteiger partial charge on any atom is 0.343 e. The van der Waals surface area contributed by atoms with Gasteiger partial charge in [0.25, 0.3) is 5.56 Å². The molecule has 2 aromatic heterocycles. The Kier molecular flexibility index (Phi) is 8.02. The number of aryl methyl sites for hydroxylation is 1. The fourth-order valence-electron chi connectivity index (χ4n) is 5.65. The first kappa shape index (κ1) is 29.9. The van der Waals surface area contributed by atoms with E-state index >= 15 is 0 Å². The molecule has 0 saturated carbocycles. The number of methoxy groups -OCH3 is 1. The van der Waals surface area contributed by atoms with E-state index in [0.29, 0.717) is 23.3 Å². The van der Waals surface area contributed by atoms with Gasteiger partial charge in [0.1, 0.15) is 24.7 Å². The minimum atomic E-state index is -3.68. The molecule has 0 amide bonds. The van der Waals surface area contributed by atoms with Gasteiger partial charge >= 0.3 is 19.5 Å². The lowest BCUT2D eigenvalue weighted by Crippen LogP contribution is -2.44. The second-order valence-corrected chi connectivity index (χ2v) is 12.4. The Balaban J connectivity index is 1.57. The van der Waals surface area contributed by atoms with Crippen LogP contribution in [0, 0.1) is 0 Å². The lowest BCUT2D eigenvalue weighted by molar-refractivity contribution is -0.172. The predicted molar refractivity (Wildman–Crippen MR) is 153 cm³/mol. The summed E-state index contributed by atoms with van der Waals surface area (Å²) in [5.41, 5.74) is 1.77. The van der Waals surface area contributed by atoms with Crippen molar-refractivity contribution in [3.8, 4) is 17.1 Å². The number of aliphatic hydroxyl groups is 1. The van der Waals surface area contributed by atoms with E-state index in [0.717, 1.165) is 16.5 Å². The van der Waals surface area contributed by atoms with Crippen LogP contribution in [0.15, 0.2) is 29.1 Å². The number of aromatic nitrogens is 2. The highest BCUT2D eigenvalue weighted by molar-refractivity contribution is 7.57. The highest BCUT2D eigenvalue weighted by Gasteiger charge is 2.45. The molecule has 0 radical (unpaired) electrons. The van der Waals surface area contributed by atoms with Crippen molar-refractivity contribution >= 4 is 30.4 Å². The molecule has 0 aliphatic carbocycles. The summed E-state index contributed by atoms with van der Waals surface area (Å²) < 4.78 is 36.4. The van der Waals surface area contributed by atoms with Crippen LogP contribution in [0.25, 0.3) is 22.3 Å². The number of nitrogens with zero attached hydrogens (tertiary/aromatic N) is 2. The Morgan fingerprint density at radius 1 is 1.24 bits per heavy atom. The van der Waals surface area contributed by atoms with Gasteiger partial charge in [-0.1, -0.05) is 13.8 Å². The normalized spacial score (nSPS) is 19.3. The molecule has 42 heavy (non-hydrogen) atoms. The summed E-state index contributed by atoms with van der Waals surface area (Å²) in [7, 11) is -2.30. The van der Waals surface area contributed by atoms with Crippen LogP contribution in [-0.2, 0) is 53.5 Å². The predicted octanol–water partition coefficient (Wildman–Crippen LogP) is 3.36. The molecule has 2 aliphatic rings. The SMILES string of the molecule is CCOC(=O)C(C)NP(=O)(COC)Oc1ccc2nc3c(c(CC)c2c1)Cn1c-3cc2c(c1=O)COC(=O)[C@]2(O)CC. The van der Waals surface area contributed by atoms with E-state index in [4.69, 9.17) is 23.7 Å². The highest BCUT2D eigenvalue weighted by atomic mass is 31.2. The minimum absolute atomic E-state index is 0.0586. The molecular formula is C29H34N3O9P. The van der Waals surface area contributed by atoms with E-state index in [9.17, 15) is 24.1 Å². The number of rotatable bonds is 10. The maximum atomic E-state index is 13.6. The molecule has 2 unspecified atom stereocenters. The minimum Gasteiger partial charge on any atom is -0.465 e. The molecule has 224 valence electrons. The van der Waals surface area contributed by atoms with Gasteiger partial charge in [0.05, 0.1) is 35.6 Å². The van der Waals surface area contributed by atoms with E-state index in [1.54, 1.807) is 42.7 Å². The molecule has 5 rings (SSSR count). The van der Waals surface area contributed by atoms with Gasteiger partial charge in [-0.2, -0.15) is 0 Å². The van der Waals surface area contributed by atoms with Crippen molar-refractivity contribution in [2.45, 2.75) is 65.3 Å². The molecule has 0 bridgehead atoms. The molecule has 13 heteroatoms. The Bertz CT molecular complexity index is 1700. The number of hydrogen-bond acceptors (Lipinski definition) is 10. The number of hydrogen-bond donors (Lipinski definition) is 2. The summed E-state index contributed by atoms with van der Waals surface area (Å²) in [6.07, 6.45) is 0.377. The van der Waals surface area contributed by atoms with Crippen LogP contribution in [-0.4, -0.2) is 52.7 Å². The number of esters is 2. The van der Waals surface area contributed by atoms with Gasteiger partial charge in [-0.3, -0.25) is 14.2 Å². The molecule has 0 spiro atoms. The van der Waals surface area contributed by atoms with Gasteiger partial charge in [-0.05, 0) is 56.5 Å². The molecule has 0 fully saturated rings. The molecular weight excluding hydrogens is 565 g/mol. The van der Waals surface area contributed by atoms with Crippen molar-refractivity contribution in [2.75, 3.05) is 20.1 Å². The van der Waals surface area contributed by atoms with Crippen LogP contribution in [0.3, 0.4) is 0 Å². The van der Waals surface area contributed by atoms with Gasteiger partial charge in [0.15, 0.2) is 5.60 Å². The Labute approximate surface area is 242 Å². The van der Waals surface area contributed by atoms with Gasteiger partial charge < -0.3 is 28.4 Å². The summed E-state index contributed by atoms with van der Waals surface area (Å²) >= 11 is 0. The largest absolute Gasteiger partial charge is 0.465 e. The van der Waals surface area contributed by atoms with Crippen LogP contribution in [0.1, 0.15) is 56.4 Å². The maximum absolute atomic E-state index is 13.6. The average molecular weight is 600 g/mol. The zero-order valence-corrected chi connectivity index (χ0v) is 25.1. The van der Waals surface area contributed by atoms with E-state index < -0.39 is 31.1 Å². The van der Waals surface area contributed by atoms with Crippen molar-refractivity contribution in [3.05, 3.63) is 56.9 Å². The van der Waals surface area contributed by atoms with Crippen LogP contribution >= 0.6 is 7.52 Å². The Morgan fingerprint density at radius 3 is 2.67 bits per heavy atom. The van der Waals surface area contributed by atoms with Crippen molar-refractivity contribution in [3.63, 3.8) is 0 Å². The zero-order valence-electron chi connectivity index (χ0n) is 24.2. The number of cyclic esters (lactones) is 1. The van der Waals surface area contributed by atoms with E-state index in [2.05, 4.69) is 5.09 Å². The second kappa shape index (κ2) is 11.3. The molecule has 0 saturated heterocycles. The van der Waals surface area contributed by atoms with E-state index in [1.807, 2.05) is 6.92 Å². The lowest BCUT2D eigenvalue weighted by Gasteiger charge is -2.31. The summed E-state index contributed by atoms with van der Waals surface area (Å²) in [5, 5.41) is 14.6. The zero-order chi connectivity index (χ0) is 30.4. The monoisotopic (exact) mass is 599 g/mol. The first-order chi connectivity index (χ1) is 20.0. The summed E-state index contributed by atoms with van der Waals surface area (Å²) in [4.78, 5) is 43.0. The fourth-order valence-corrected chi connectivity index (χ4v) is 7.32. The van der Waals surface area contributed by atoms with Gasteiger partial charge in [0, 0.05) is 23.6 Å². The van der Waals surface area contributed by atoms with Crippen LogP contribution in [0.2, 0.25) is 0 Å². The topological polar surface area (TPSA) is 155 Å². The summed E-state index contributed by atoms with van der Waals surface area (Å²) in [6, 6.07) is 5.88. The van der Waals surface area contributed by atoms with Crippen LogP contribution < -0.4 is 15.2 Å². The number of ether oxygens (including phenoxy) is 3. The van der Waals surface area contributed by atoms with Crippen LogP contribution in [0.4, 0.5) is 0 Å². The number of fused-ring (bicyclic) bond motifs is 5. The third-order valence-corrected chi connectivity index (χ3v) is 9.60. The summed E-state index contributed by atoms with van der Waals surface area (Å²) in [6.45, 7) is 7.11.